The standard InChI is InChI=1S/C30H30F3N5O.C30H33N5O3S.2C30H33N5O/c1-19-13-27(38(37-19)26-10-2-5-21(14-26)17-34)29(39)36-25-9-4-7-23(16-25)28(35-18-20-11-12-20)22-6-3-8-24(15-22)30(31,32)33;1-20-15-28(35(34-20)26-8-3-5-22(16-26)18-31)30(36)33-25-7-4-6-24(17-25)29(32-19-21-9-10-21)23-11-13-27(14-12-23)39(2,37)38;2*1-20-6-3-8-24(14-20)29(32-19-22-12-13-22)25-9-5-10-26(17-25)33-30(36)28-15-21(2)34-35(28)27-11-4-7-23(16-27)18-31/h2-10,13-16,20,28,35H,11-12,17-18,34H2,1H3,(H,36,39);3-8,11-17,21,29,32H,9-10,18-19,31H2,1-2H3,(H,33,36);2*3-11,14-17,22,29,32H,12-13,18-19,31H2,1-2H3,(H,33,36). The van der Waals surface area contributed by atoms with Crippen LogP contribution in [0, 0.1) is 65.2 Å². The number of nitrogens with zero attached hydrogens (tertiary/aromatic N) is 8. The number of nitrogens with two attached hydrogens (primary N) is 4. The number of hydrogen-bond acceptors (Lipinski definition) is 18. The number of aryl methyl sites for hydroxylation is 6. The number of rotatable bonds is 37. The lowest BCUT2D eigenvalue weighted by Gasteiger charge is -2.22. The van der Waals surface area contributed by atoms with Crippen LogP contribution in [0.3, 0.4) is 0 Å². The van der Waals surface area contributed by atoms with Crippen LogP contribution in [0.2, 0.25) is 0 Å². The third kappa shape index (κ3) is 28.4. The largest absolute Gasteiger partial charge is 0.416 e. The van der Waals surface area contributed by atoms with Crippen molar-refractivity contribution in [3.8, 4) is 22.7 Å². The highest BCUT2D eigenvalue weighted by atomic mass is 32.2. The smallest absolute Gasteiger partial charge is 0.326 e. The second-order valence-corrected chi connectivity index (χ2v) is 41.6. The molecule has 0 bridgehead atoms. The molecule has 4 aliphatic rings. The molecule has 0 spiro atoms. The van der Waals surface area contributed by atoms with Crippen molar-refractivity contribution in [3.05, 3.63) is 444 Å². The Kier molecular flexibility index (Phi) is 34.2. The zero-order valence-corrected chi connectivity index (χ0v) is 86.1. The Balaban J connectivity index is 0.000000136. The molecular weight excluding hydrogens is 1910 g/mol. The molecule has 4 aliphatic carbocycles. The van der Waals surface area contributed by atoms with Gasteiger partial charge in [0.25, 0.3) is 23.6 Å². The van der Waals surface area contributed by atoms with Crippen molar-refractivity contribution in [1.82, 2.24) is 60.4 Å². The molecule has 4 saturated carbocycles. The molecular formula is C120H129F3N20O6S. The van der Waals surface area contributed by atoms with E-state index >= 15 is 0 Å². The van der Waals surface area contributed by atoms with E-state index in [0.29, 0.717) is 90.0 Å². The molecule has 772 valence electrons. The van der Waals surface area contributed by atoms with Crippen molar-refractivity contribution in [2.45, 2.75) is 154 Å². The number of alkyl halides is 3. The van der Waals surface area contributed by atoms with Crippen LogP contribution in [-0.2, 0) is 42.2 Å². The summed E-state index contributed by atoms with van der Waals surface area (Å²) < 4.78 is 70.8. The van der Waals surface area contributed by atoms with E-state index in [9.17, 15) is 40.8 Å². The summed E-state index contributed by atoms with van der Waals surface area (Å²) in [5, 5.41) is 44.9. The van der Waals surface area contributed by atoms with Gasteiger partial charge in [-0.1, -0.05) is 181 Å². The number of hydrogen-bond donors (Lipinski definition) is 12. The molecule has 4 amide bonds. The fourth-order valence-electron chi connectivity index (χ4n) is 18.3. The second-order valence-electron chi connectivity index (χ2n) is 39.6. The Morgan fingerprint density at radius 1 is 0.307 bits per heavy atom. The van der Waals surface area contributed by atoms with Crippen molar-refractivity contribution < 1.29 is 40.8 Å². The van der Waals surface area contributed by atoms with Gasteiger partial charge in [-0.05, 0) is 355 Å². The third-order valence-electron chi connectivity index (χ3n) is 26.9. The Morgan fingerprint density at radius 3 is 0.793 bits per heavy atom. The van der Waals surface area contributed by atoms with E-state index in [1.807, 2.05) is 191 Å². The first kappa shape index (κ1) is 106. The van der Waals surface area contributed by atoms with Gasteiger partial charge >= 0.3 is 6.18 Å². The molecule has 4 aromatic heterocycles. The molecule has 150 heavy (non-hydrogen) atoms. The summed E-state index contributed by atoms with van der Waals surface area (Å²) in [5.41, 5.74) is 47.3. The van der Waals surface area contributed by atoms with Crippen LogP contribution in [0.5, 0.6) is 0 Å². The highest BCUT2D eigenvalue weighted by Crippen LogP contribution is 2.39. The van der Waals surface area contributed by atoms with Gasteiger partial charge in [0.15, 0.2) is 9.84 Å². The molecule has 4 atom stereocenters. The minimum absolute atomic E-state index is 0.0640. The van der Waals surface area contributed by atoms with Crippen molar-refractivity contribution in [2.24, 2.45) is 46.6 Å². The monoisotopic (exact) mass is 2040 g/mol. The van der Waals surface area contributed by atoms with Gasteiger partial charge < -0.3 is 65.5 Å². The Hall–Kier alpha value is -15.2. The molecule has 12 aromatic carbocycles. The lowest BCUT2D eigenvalue weighted by Crippen LogP contribution is -2.25. The van der Waals surface area contributed by atoms with Crippen LogP contribution in [0.4, 0.5) is 35.9 Å². The lowest BCUT2D eigenvalue weighted by atomic mass is 9.96. The molecule has 0 saturated heterocycles. The maximum absolute atomic E-state index is 13.4. The molecule has 4 fully saturated rings. The number of nitrogens with one attached hydrogen (secondary N) is 8. The summed E-state index contributed by atoms with van der Waals surface area (Å²) in [4.78, 5) is 53.8. The predicted octanol–water partition coefficient (Wildman–Crippen LogP) is 21.0. The zero-order chi connectivity index (χ0) is 105. The van der Waals surface area contributed by atoms with E-state index in [1.54, 1.807) is 79.4 Å². The SMILES string of the molecule is Cc1cc(C(=O)Nc2cccc(C(NCC3CC3)c3ccc(S(C)(=O)=O)cc3)c2)n(-c2cccc(CN)c2)n1.Cc1cc(C(=O)Nc2cccc(C(NCC3CC3)c3cccc(C(F)(F)F)c3)c2)n(-c2cccc(CN)c2)n1.Cc1cccc(C(NCC2CC2)c2cccc(NC(=O)c3cc(C)nn3-c3cccc(CN)c3)c2)c1.Cc1cccc(C(NCC2CC2)c2cccc(NC(=O)c3cc(C)nn3-c3cccc(CN)c3)c2)c1. The molecule has 16 aromatic rings. The normalized spacial score (nSPS) is 14.1. The average molecular weight is 2040 g/mol. The van der Waals surface area contributed by atoms with E-state index in [1.165, 1.54) is 79.2 Å². The summed E-state index contributed by atoms with van der Waals surface area (Å²) in [7, 11) is -3.28. The van der Waals surface area contributed by atoms with E-state index in [0.717, 1.165) is 152 Å². The number of carbonyl (C=O) groups excluding carboxylic acids is 4. The van der Waals surface area contributed by atoms with Gasteiger partial charge in [-0.2, -0.15) is 33.6 Å². The first-order chi connectivity index (χ1) is 72.4. The lowest BCUT2D eigenvalue weighted by molar-refractivity contribution is -0.137. The van der Waals surface area contributed by atoms with Crippen LogP contribution >= 0.6 is 0 Å². The van der Waals surface area contributed by atoms with E-state index in [4.69, 9.17) is 22.9 Å². The number of aromatic nitrogens is 8. The van der Waals surface area contributed by atoms with Crippen LogP contribution in [0.25, 0.3) is 22.7 Å². The third-order valence-corrected chi connectivity index (χ3v) is 28.0. The minimum atomic E-state index is -4.43. The summed E-state index contributed by atoms with van der Waals surface area (Å²) in [5.74, 6) is 1.68. The maximum Gasteiger partial charge on any atom is 0.416 e. The van der Waals surface area contributed by atoms with Crippen molar-refractivity contribution in [1.29, 1.82) is 0 Å². The summed E-state index contributed by atoms with van der Waals surface area (Å²) in [6, 6.07) is 98.1. The number of anilines is 4. The average Bonchev–Trinajstić information content (AvgIpc) is 1.68. The molecule has 20 rings (SSSR count). The highest BCUT2D eigenvalue weighted by molar-refractivity contribution is 7.90. The summed E-state index contributed by atoms with van der Waals surface area (Å²) >= 11 is 0. The number of sulfone groups is 1. The van der Waals surface area contributed by atoms with Crippen molar-refractivity contribution >= 4 is 56.2 Å². The van der Waals surface area contributed by atoms with Crippen LogP contribution in [0.1, 0.15) is 224 Å². The zero-order valence-electron chi connectivity index (χ0n) is 85.3. The first-order valence-corrected chi connectivity index (χ1v) is 52.9. The summed E-state index contributed by atoms with van der Waals surface area (Å²) in [6.45, 7) is 16.9. The molecule has 4 unspecified atom stereocenters. The molecule has 26 nitrogen and oxygen atoms in total. The van der Waals surface area contributed by atoms with Crippen molar-refractivity contribution in [2.75, 3.05) is 53.7 Å². The van der Waals surface area contributed by atoms with Crippen LogP contribution < -0.4 is 65.5 Å². The number of carbonyl (C=O) groups is 4. The molecule has 0 aliphatic heterocycles. The van der Waals surface area contributed by atoms with Gasteiger partial charge in [-0.15, -0.1) is 0 Å². The molecule has 0 radical (unpaired) electrons. The molecule has 30 heteroatoms. The fourth-order valence-corrected chi connectivity index (χ4v) is 18.9. The van der Waals surface area contributed by atoms with E-state index in [2.05, 4.69) is 150 Å². The maximum atomic E-state index is 13.4. The fraction of sp³-hybridized carbons (Fsp3) is 0.267. The van der Waals surface area contributed by atoms with Gasteiger partial charge in [0, 0.05) is 55.2 Å². The molecule has 16 N–H and O–H groups in total. The number of benzene rings is 12. The van der Waals surface area contributed by atoms with Crippen LogP contribution in [0.15, 0.2) is 320 Å². The Labute approximate surface area is 873 Å². The van der Waals surface area contributed by atoms with Crippen LogP contribution in [-0.4, -0.2) is 104 Å². The van der Waals surface area contributed by atoms with Gasteiger partial charge in [0.2, 0.25) is 0 Å². The Bertz CT molecular complexity index is 7380. The Morgan fingerprint density at radius 2 is 0.547 bits per heavy atom. The van der Waals surface area contributed by atoms with E-state index < -0.39 is 27.6 Å². The first-order valence-electron chi connectivity index (χ1n) is 51.1. The number of amides is 4. The topological polar surface area (TPSA) is 374 Å². The van der Waals surface area contributed by atoms with E-state index in [-0.39, 0.29) is 46.6 Å². The van der Waals surface area contributed by atoms with Crippen molar-refractivity contribution in [3.63, 3.8) is 0 Å². The van der Waals surface area contributed by atoms with Gasteiger partial charge in [-0.3, -0.25) is 19.2 Å². The molecule has 4 heterocycles. The van der Waals surface area contributed by atoms with Gasteiger partial charge in [-0.25, -0.2) is 27.1 Å². The minimum Gasteiger partial charge on any atom is -0.326 e. The number of halogens is 3. The van der Waals surface area contributed by atoms with Gasteiger partial charge in [0.05, 0.1) is 80.2 Å². The predicted molar refractivity (Wildman–Crippen MR) is 586 cm³/mol. The van der Waals surface area contributed by atoms with Gasteiger partial charge in [0.1, 0.15) is 22.8 Å². The quantitative estimate of drug-likeness (QED) is 0.0172. The summed E-state index contributed by atoms with van der Waals surface area (Å²) in [6.07, 6.45) is 6.61. The second kappa shape index (κ2) is 48.4. The highest BCUT2D eigenvalue weighted by Gasteiger charge is 2.34.